The second-order valence-electron chi connectivity index (χ2n) is 2.73. The highest BCUT2D eigenvalue weighted by Gasteiger charge is 2.53. The first-order chi connectivity index (χ1) is 4.73. The average molecular weight is 209 g/mol. The van der Waals surface area contributed by atoms with E-state index < -0.39 is 6.10 Å². The zero-order chi connectivity index (χ0) is 7.19. The molecule has 2 rings (SSSR count). The van der Waals surface area contributed by atoms with Gasteiger partial charge in [-0.2, -0.15) is 0 Å². The predicted octanol–water partition coefficient (Wildman–Crippen LogP) is 0.258. The average Bonchev–Trinajstić information content (AvgIpc) is 2.36. The number of aliphatic hydroxyl groups is 1. The molecule has 0 spiro atoms. The molecule has 0 aromatic rings. The molecule has 0 radical (unpaired) electrons. The van der Waals surface area contributed by atoms with Gasteiger partial charge in [-0.25, -0.2) is 0 Å². The number of aliphatic hydroxyl groups excluding tert-OH is 1. The lowest BCUT2D eigenvalue weighted by Gasteiger charge is -2.20. The van der Waals surface area contributed by atoms with Crippen LogP contribution in [0.1, 0.15) is 6.42 Å². The Morgan fingerprint density at radius 1 is 1.50 bits per heavy atom. The summed E-state index contributed by atoms with van der Waals surface area (Å²) >= 11 is 3.44. The standard InChI is InChI=1S/C6H9BrO3/c7-6-1-2-9-5(6)10-3-4(6)8/h4-5,8H,1-3H2/t4?,5-,6?/m1/s1. The summed E-state index contributed by atoms with van der Waals surface area (Å²) in [6, 6.07) is 0. The molecule has 58 valence electrons. The van der Waals surface area contributed by atoms with E-state index in [0.717, 1.165) is 6.42 Å². The number of rotatable bonds is 0. The third-order valence-corrected chi connectivity index (χ3v) is 3.40. The van der Waals surface area contributed by atoms with Crippen molar-refractivity contribution in [1.82, 2.24) is 0 Å². The van der Waals surface area contributed by atoms with Crippen LogP contribution in [0.3, 0.4) is 0 Å². The number of hydrogen-bond donors (Lipinski definition) is 1. The molecule has 0 aliphatic carbocycles. The van der Waals surface area contributed by atoms with Crippen LogP contribution in [0.25, 0.3) is 0 Å². The van der Waals surface area contributed by atoms with Gasteiger partial charge < -0.3 is 14.6 Å². The van der Waals surface area contributed by atoms with Crippen LogP contribution in [0.15, 0.2) is 0 Å². The maximum atomic E-state index is 9.41. The van der Waals surface area contributed by atoms with E-state index in [2.05, 4.69) is 15.9 Å². The number of hydrogen-bond acceptors (Lipinski definition) is 3. The van der Waals surface area contributed by atoms with Crippen molar-refractivity contribution in [3.05, 3.63) is 0 Å². The van der Waals surface area contributed by atoms with Gasteiger partial charge in [-0.1, -0.05) is 15.9 Å². The van der Waals surface area contributed by atoms with Gasteiger partial charge in [0, 0.05) is 0 Å². The molecule has 1 N–H and O–H groups in total. The monoisotopic (exact) mass is 208 g/mol. The molecule has 3 atom stereocenters. The van der Waals surface area contributed by atoms with Crippen molar-refractivity contribution in [2.75, 3.05) is 13.2 Å². The highest BCUT2D eigenvalue weighted by atomic mass is 79.9. The smallest absolute Gasteiger partial charge is 0.175 e. The molecule has 0 amide bonds. The first kappa shape index (κ1) is 7.03. The number of halogens is 1. The molecule has 2 saturated heterocycles. The molecule has 0 aromatic carbocycles. The summed E-state index contributed by atoms with van der Waals surface area (Å²) in [5.74, 6) is 0. The molecule has 2 fully saturated rings. The third kappa shape index (κ3) is 0.763. The van der Waals surface area contributed by atoms with Gasteiger partial charge in [0.1, 0.15) is 4.32 Å². The van der Waals surface area contributed by atoms with E-state index in [4.69, 9.17) is 9.47 Å². The van der Waals surface area contributed by atoms with Gasteiger partial charge in [0.05, 0.1) is 19.3 Å². The van der Waals surface area contributed by atoms with E-state index in [0.29, 0.717) is 13.2 Å². The van der Waals surface area contributed by atoms with Crippen LogP contribution in [0.2, 0.25) is 0 Å². The van der Waals surface area contributed by atoms with Gasteiger partial charge in [0.25, 0.3) is 0 Å². The van der Waals surface area contributed by atoms with Crippen LogP contribution in [0.4, 0.5) is 0 Å². The van der Waals surface area contributed by atoms with Crippen molar-refractivity contribution < 1.29 is 14.6 Å². The van der Waals surface area contributed by atoms with Gasteiger partial charge in [-0.15, -0.1) is 0 Å². The minimum Gasteiger partial charge on any atom is -0.389 e. The Balaban J connectivity index is 2.21. The molecule has 3 nitrogen and oxygen atoms in total. The van der Waals surface area contributed by atoms with Gasteiger partial charge in [0.15, 0.2) is 6.29 Å². The van der Waals surface area contributed by atoms with Crippen molar-refractivity contribution in [3.63, 3.8) is 0 Å². The topological polar surface area (TPSA) is 38.7 Å². The van der Waals surface area contributed by atoms with Gasteiger partial charge in [-0.3, -0.25) is 0 Å². The van der Waals surface area contributed by atoms with Crippen molar-refractivity contribution in [1.29, 1.82) is 0 Å². The van der Waals surface area contributed by atoms with Crippen LogP contribution in [-0.2, 0) is 9.47 Å². The molecule has 2 aliphatic rings. The van der Waals surface area contributed by atoms with Crippen molar-refractivity contribution >= 4 is 15.9 Å². The highest BCUT2D eigenvalue weighted by Crippen LogP contribution is 2.42. The summed E-state index contributed by atoms with van der Waals surface area (Å²) in [5.41, 5.74) is 0. The second kappa shape index (κ2) is 2.17. The summed E-state index contributed by atoms with van der Waals surface area (Å²) in [4.78, 5) is 0. The lowest BCUT2D eigenvalue weighted by atomic mass is 10.0. The zero-order valence-electron chi connectivity index (χ0n) is 5.42. The fraction of sp³-hybridized carbons (Fsp3) is 1.00. The predicted molar refractivity (Wildman–Crippen MR) is 38.0 cm³/mol. The number of fused-ring (bicyclic) bond motifs is 1. The summed E-state index contributed by atoms with van der Waals surface area (Å²) in [7, 11) is 0. The third-order valence-electron chi connectivity index (χ3n) is 2.11. The molecule has 4 heteroatoms. The molecule has 2 heterocycles. The van der Waals surface area contributed by atoms with Gasteiger partial charge >= 0.3 is 0 Å². The summed E-state index contributed by atoms with van der Waals surface area (Å²) in [6.45, 7) is 1.06. The van der Waals surface area contributed by atoms with Crippen molar-refractivity contribution in [2.24, 2.45) is 0 Å². The molecular weight excluding hydrogens is 200 g/mol. The minimum absolute atomic E-state index is 0.234. The molecule has 0 bridgehead atoms. The lowest BCUT2D eigenvalue weighted by Crippen LogP contribution is -2.36. The fourth-order valence-corrected chi connectivity index (χ4v) is 1.96. The van der Waals surface area contributed by atoms with Crippen LogP contribution in [0, 0.1) is 0 Å². The Bertz CT molecular complexity index is 152. The SMILES string of the molecule is OC1CO[C@H]2OCCC12Br. The summed E-state index contributed by atoms with van der Waals surface area (Å²) in [5, 5.41) is 9.41. The zero-order valence-corrected chi connectivity index (χ0v) is 7.00. The van der Waals surface area contributed by atoms with Crippen LogP contribution in [-0.4, -0.2) is 35.0 Å². The van der Waals surface area contributed by atoms with Crippen LogP contribution in [0.5, 0.6) is 0 Å². The van der Waals surface area contributed by atoms with E-state index in [9.17, 15) is 5.11 Å². The first-order valence-corrected chi connectivity index (χ1v) is 4.13. The molecule has 0 saturated carbocycles. The normalized spacial score (nSPS) is 53.4. The van der Waals surface area contributed by atoms with Gasteiger partial charge in [-0.05, 0) is 6.42 Å². The van der Waals surface area contributed by atoms with E-state index in [1.807, 2.05) is 0 Å². The van der Waals surface area contributed by atoms with E-state index in [1.165, 1.54) is 0 Å². The maximum absolute atomic E-state index is 9.41. The fourth-order valence-electron chi connectivity index (χ4n) is 1.41. The molecule has 2 aliphatic heterocycles. The van der Waals surface area contributed by atoms with E-state index in [-0.39, 0.29) is 10.6 Å². The highest BCUT2D eigenvalue weighted by molar-refractivity contribution is 9.10. The number of alkyl halides is 1. The largest absolute Gasteiger partial charge is 0.389 e. The Hall–Kier alpha value is 0.360. The Kier molecular flexibility index (Phi) is 1.53. The molecule has 2 unspecified atom stereocenters. The van der Waals surface area contributed by atoms with Crippen molar-refractivity contribution in [2.45, 2.75) is 23.1 Å². The lowest BCUT2D eigenvalue weighted by molar-refractivity contribution is -0.0861. The Labute approximate surface area is 67.4 Å². The second-order valence-corrected chi connectivity index (χ2v) is 4.21. The van der Waals surface area contributed by atoms with Crippen LogP contribution < -0.4 is 0 Å². The Morgan fingerprint density at radius 2 is 2.30 bits per heavy atom. The molecule has 0 aromatic heterocycles. The quantitative estimate of drug-likeness (QED) is 0.581. The van der Waals surface area contributed by atoms with E-state index in [1.54, 1.807) is 0 Å². The summed E-state index contributed by atoms with van der Waals surface area (Å²) < 4.78 is 10.1. The summed E-state index contributed by atoms with van der Waals surface area (Å²) in [6.07, 6.45) is 0.182. The first-order valence-electron chi connectivity index (χ1n) is 3.34. The Morgan fingerprint density at radius 3 is 3.00 bits per heavy atom. The minimum atomic E-state index is -0.417. The molecular formula is C6H9BrO3. The van der Waals surface area contributed by atoms with Crippen molar-refractivity contribution in [3.8, 4) is 0 Å². The molecule has 10 heavy (non-hydrogen) atoms. The number of ether oxygens (including phenoxy) is 2. The van der Waals surface area contributed by atoms with Gasteiger partial charge in [0.2, 0.25) is 0 Å². The van der Waals surface area contributed by atoms with E-state index >= 15 is 0 Å². The maximum Gasteiger partial charge on any atom is 0.175 e. The van der Waals surface area contributed by atoms with Crippen LogP contribution >= 0.6 is 15.9 Å².